The van der Waals surface area contributed by atoms with Crippen LogP contribution in [0.15, 0.2) is 0 Å². The number of benzene rings is 1. The highest BCUT2D eigenvalue weighted by Gasteiger charge is 2.20. The lowest BCUT2D eigenvalue weighted by Crippen LogP contribution is -2.00. The molecule has 0 unspecified atom stereocenters. The first-order valence-corrected chi connectivity index (χ1v) is 10.2. The van der Waals surface area contributed by atoms with Crippen molar-refractivity contribution in [3.05, 3.63) is 21.7 Å². The Morgan fingerprint density at radius 2 is 1.15 bits per heavy atom. The molecule has 0 fully saturated rings. The van der Waals surface area contributed by atoms with Crippen molar-refractivity contribution in [2.45, 2.75) is 26.7 Å². The van der Waals surface area contributed by atoms with Crippen molar-refractivity contribution < 1.29 is 0 Å². The van der Waals surface area contributed by atoms with Crippen molar-refractivity contribution >= 4 is 76.2 Å². The zero-order chi connectivity index (χ0) is 18.0. The molecule has 12 heteroatoms. The van der Waals surface area contributed by atoms with E-state index in [-0.39, 0.29) is 0 Å². The van der Waals surface area contributed by atoms with Crippen LogP contribution in [-0.4, -0.2) is 39.6 Å². The van der Waals surface area contributed by atoms with Crippen LogP contribution in [0.1, 0.15) is 25.5 Å². The molecule has 8 nitrogen and oxygen atoms in total. The van der Waals surface area contributed by atoms with E-state index in [0.29, 0.717) is 31.0 Å². The average Bonchev–Trinajstić information content (AvgIpc) is 3.26. The van der Waals surface area contributed by atoms with Gasteiger partial charge in [0.05, 0.1) is 19.4 Å². The van der Waals surface area contributed by atoms with E-state index in [2.05, 4.69) is 30.6 Å². The van der Waals surface area contributed by atoms with Gasteiger partial charge in [-0.2, -0.15) is 19.2 Å². The molecular formula is C14H10Cl2N8S2. The summed E-state index contributed by atoms with van der Waals surface area (Å²) < 4.78 is 4.89. The minimum absolute atomic E-state index is 0.495. The number of aromatic nitrogens is 8. The number of hydrogen-bond donors (Lipinski definition) is 0. The molecule has 0 saturated heterocycles. The highest BCUT2D eigenvalue weighted by molar-refractivity contribution is 7.25. The minimum atomic E-state index is 0.495. The first kappa shape index (κ1) is 16.3. The summed E-state index contributed by atoms with van der Waals surface area (Å²) in [6.45, 7) is 4.00. The van der Waals surface area contributed by atoms with E-state index in [1.54, 1.807) is 9.03 Å². The van der Waals surface area contributed by atoms with Crippen LogP contribution < -0.4 is 0 Å². The molecule has 0 aliphatic heterocycles. The summed E-state index contributed by atoms with van der Waals surface area (Å²) in [4.78, 5) is 1.32. The summed E-state index contributed by atoms with van der Waals surface area (Å²) in [5, 5.41) is 27.0. The van der Waals surface area contributed by atoms with Crippen molar-refractivity contribution in [3.8, 4) is 0 Å². The summed E-state index contributed by atoms with van der Waals surface area (Å²) in [5.41, 5.74) is 1.21. The van der Waals surface area contributed by atoms with Gasteiger partial charge in [-0.1, -0.05) is 59.7 Å². The molecule has 0 aliphatic carbocycles. The Morgan fingerprint density at radius 1 is 0.731 bits per heavy atom. The number of aryl methyl sites for hydroxylation is 2. The van der Waals surface area contributed by atoms with E-state index in [4.69, 9.17) is 23.2 Å². The Kier molecular flexibility index (Phi) is 3.64. The molecule has 0 saturated carbocycles. The smallest absolute Gasteiger partial charge is 0.188 e. The van der Waals surface area contributed by atoms with E-state index in [9.17, 15) is 0 Å². The zero-order valence-corrected chi connectivity index (χ0v) is 16.7. The first-order chi connectivity index (χ1) is 12.6. The molecule has 4 heterocycles. The standard InChI is InChI=1S/C14H10Cl2N8S2/c1-3-5-17-19-13-23(5)21-9-7(15)12-10(8(16)11(9)25-13)22-24-6(4-2)18-20-14(24)26-12/h3-4H2,1-2H3. The van der Waals surface area contributed by atoms with E-state index in [1.165, 1.54) is 22.7 Å². The van der Waals surface area contributed by atoms with Gasteiger partial charge in [-0.3, -0.25) is 0 Å². The molecule has 0 amide bonds. The van der Waals surface area contributed by atoms with Gasteiger partial charge in [-0.05, 0) is 0 Å². The predicted octanol–water partition coefficient (Wildman–Crippen LogP) is 3.99. The lowest BCUT2D eigenvalue weighted by atomic mass is 10.3. The van der Waals surface area contributed by atoms with Gasteiger partial charge in [0.15, 0.2) is 11.6 Å². The monoisotopic (exact) mass is 424 g/mol. The third kappa shape index (κ3) is 2.13. The molecule has 0 radical (unpaired) electrons. The maximum Gasteiger partial charge on any atom is 0.233 e. The Morgan fingerprint density at radius 3 is 1.54 bits per heavy atom. The van der Waals surface area contributed by atoms with Crippen molar-refractivity contribution in [2.24, 2.45) is 0 Å². The fourth-order valence-electron chi connectivity index (χ4n) is 2.73. The fourth-order valence-corrected chi connectivity index (χ4v) is 5.36. The van der Waals surface area contributed by atoms with Crippen LogP contribution in [0.5, 0.6) is 0 Å². The second-order valence-corrected chi connectivity index (χ2v) is 8.23. The Labute approximate surface area is 164 Å². The van der Waals surface area contributed by atoms with Crippen LogP contribution >= 0.6 is 45.9 Å². The summed E-state index contributed by atoms with van der Waals surface area (Å²) in [6.07, 6.45) is 1.44. The largest absolute Gasteiger partial charge is 0.233 e. The Bertz CT molecular complexity index is 1240. The SMILES string of the molecule is CCc1nnc2sc3c(Cl)c4nn5c(CC)nnc5sc4c(Cl)c3nn12. The van der Waals surface area contributed by atoms with Crippen LogP contribution in [0.3, 0.4) is 0 Å². The van der Waals surface area contributed by atoms with Gasteiger partial charge in [0.25, 0.3) is 0 Å². The maximum atomic E-state index is 6.69. The highest BCUT2D eigenvalue weighted by atomic mass is 35.5. The van der Waals surface area contributed by atoms with Crippen molar-refractivity contribution in [2.75, 3.05) is 0 Å². The molecule has 1 aromatic carbocycles. The number of hydrogen-bond acceptors (Lipinski definition) is 8. The van der Waals surface area contributed by atoms with E-state index >= 15 is 0 Å². The molecule has 0 N–H and O–H groups in total. The third-order valence-corrected chi connectivity index (χ3v) is 7.05. The second kappa shape index (κ2) is 5.81. The van der Waals surface area contributed by atoms with Gasteiger partial charge in [0.2, 0.25) is 9.92 Å². The Balaban J connectivity index is 1.97. The minimum Gasteiger partial charge on any atom is -0.188 e. The molecular weight excluding hydrogens is 415 g/mol. The van der Waals surface area contributed by atoms with Crippen LogP contribution in [0.4, 0.5) is 0 Å². The summed E-state index contributed by atoms with van der Waals surface area (Å²) in [7, 11) is 0. The predicted molar refractivity (Wildman–Crippen MR) is 103 cm³/mol. The van der Waals surface area contributed by atoms with Crippen molar-refractivity contribution in [1.29, 1.82) is 0 Å². The molecule has 0 aliphatic rings. The normalized spacial score (nSPS) is 12.2. The average molecular weight is 425 g/mol. The molecule has 132 valence electrons. The van der Waals surface area contributed by atoms with Gasteiger partial charge in [-0.25, -0.2) is 0 Å². The van der Waals surface area contributed by atoms with Crippen LogP contribution in [0.2, 0.25) is 10.0 Å². The fraction of sp³-hybridized carbons (Fsp3) is 0.286. The van der Waals surface area contributed by atoms with Gasteiger partial charge < -0.3 is 0 Å². The molecule has 0 atom stereocenters. The summed E-state index contributed by atoms with van der Waals surface area (Å²) in [5.74, 6) is 1.54. The van der Waals surface area contributed by atoms with Crippen LogP contribution in [0, 0.1) is 0 Å². The van der Waals surface area contributed by atoms with Gasteiger partial charge in [-0.15, -0.1) is 20.4 Å². The third-order valence-electron chi connectivity index (χ3n) is 4.02. The molecule has 0 spiro atoms. The molecule has 26 heavy (non-hydrogen) atoms. The second-order valence-electron chi connectivity index (χ2n) is 5.52. The summed E-state index contributed by atoms with van der Waals surface area (Å²) in [6, 6.07) is 0. The molecule has 5 aromatic rings. The van der Waals surface area contributed by atoms with Crippen LogP contribution in [-0.2, 0) is 12.8 Å². The molecule has 5 rings (SSSR count). The number of rotatable bonds is 2. The zero-order valence-electron chi connectivity index (χ0n) is 13.6. The van der Waals surface area contributed by atoms with E-state index in [0.717, 1.165) is 33.9 Å². The van der Waals surface area contributed by atoms with Gasteiger partial charge >= 0.3 is 0 Å². The quantitative estimate of drug-likeness (QED) is 0.398. The maximum absolute atomic E-state index is 6.69. The first-order valence-electron chi connectivity index (χ1n) is 7.85. The molecule has 0 bridgehead atoms. The Hall–Kier alpha value is -1.88. The van der Waals surface area contributed by atoms with Crippen LogP contribution in [0.25, 0.3) is 30.4 Å². The lowest BCUT2D eigenvalue weighted by molar-refractivity contribution is 0.839. The molecule has 4 aromatic heterocycles. The van der Waals surface area contributed by atoms with Gasteiger partial charge in [0, 0.05) is 12.8 Å². The van der Waals surface area contributed by atoms with Crippen molar-refractivity contribution in [3.63, 3.8) is 0 Å². The lowest BCUT2D eigenvalue weighted by Gasteiger charge is -2.08. The topological polar surface area (TPSA) is 86.2 Å². The van der Waals surface area contributed by atoms with Crippen molar-refractivity contribution in [1.82, 2.24) is 39.6 Å². The van der Waals surface area contributed by atoms with Gasteiger partial charge in [0.1, 0.15) is 11.0 Å². The van der Waals surface area contributed by atoms with E-state index in [1.807, 2.05) is 13.8 Å². The van der Waals surface area contributed by atoms with E-state index < -0.39 is 0 Å². The highest BCUT2D eigenvalue weighted by Crippen LogP contribution is 2.41. The number of fused-ring (bicyclic) bond motifs is 4. The number of halogens is 2. The number of nitrogens with zero attached hydrogens (tertiary/aromatic N) is 8. The summed E-state index contributed by atoms with van der Waals surface area (Å²) >= 11 is 16.2.